The maximum atomic E-state index is 8.96. The van der Waals surface area contributed by atoms with Crippen LogP contribution in [-0.2, 0) is 0 Å². The molecule has 0 radical (unpaired) electrons. The summed E-state index contributed by atoms with van der Waals surface area (Å²) in [5.74, 6) is 2.48. The Morgan fingerprint density at radius 1 is 1.00 bits per heavy atom. The highest BCUT2D eigenvalue weighted by molar-refractivity contribution is 5.46. The molecule has 0 N–H and O–H groups in total. The molecule has 0 fully saturated rings. The molecule has 2 aromatic carbocycles. The van der Waals surface area contributed by atoms with Crippen molar-refractivity contribution in [2.75, 3.05) is 20.3 Å². The van der Waals surface area contributed by atoms with E-state index in [9.17, 15) is 0 Å². The van der Waals surface area contributed by atoms with E-state index in [1.807, 2.05) is 12.1 Å². The van der Waals surface area contributed by atoms with Crippen LogP contribution < -0.4 is 14.2 Å². The Bertz CT molecular complexity index is 732. The first-order valence-electron chi connectivity index (χ1n) is 7.99. The molecule has 4 nitrogen and oxygen atoms in total. The van der Waals surface area contributed by atoms with Gasteiger partial charge in [0, 0.05) is 6.07 Å². The van der Waals surface area contributed by atoms with Gasteiger partial charge in [0.2, 0.25) is 0 Å². The predicted octanol–water partition coefficient (Wildman–Crippen LogP) is 4.46. The average molecular weight is 325 g/mol. The van der Waals surface area contributed by atoms with Crippen molar-refractivity contribution in [1.29, 1.82) is 5.26 Å². The molecule has 0 bridgehead atoms. The van der Waals surface area contributed by atoms with Crippen molar-refractivity contribution < 1.29 is 14.2 Å². The summed E-state index contributed by atoms with van der Waals surface area (Å²) in [4.78, 5) is 0. The molecular formula is C20H23NO3. The molecule has 0 saturated carbocycles. The Kier molecular flexibility index (Phi) is 6.08. The minimum absolute atomic E-state index is 0.371. The number of methoxy groups -OCH3 is 1. The van der Waals surface area contributed by atoms with Crippen molar-refractivity contribution in [2.45, 2.75) is 26.7 Å². The largest absolute Gasteiger partial charge is 0.493 e. The highest BCUT2D eigenvalue weighted by atomic mass is 16.5. The van der Waals surface area contributed by atoms with E-state index >= 15 is 0 Å². The first kappa shape index (κ1) is 17.7. The number of ether oxygens (including phenoxy) is 3. The van der Waals surface area contributed by atoms with Gasteiger partial charge in [0.25, 0.3) is 0 Å². The van der Waals surface area contributed by atoms with Crippen LogP contribution in [-0.4, -0.2) is 20.3 Å². The van der Waals surface area contributed by atoms with Crippen LogP contribution in [0.25, 0.3) is 0 Å². The van der Waals surface area contributed by atoms with E-state index in [0.29, 0.717) is 36.2 Å². The van der Waals surface area contributed by atoms with Gasteiger partial charge in [-0.1, -0.05) is 19.9 Å². The zero-order valence-electron chi connectivity index (χ0n) is 14.6. The zero-order valence-corrected chi connectivity index (χ0v) is 14.6. The van der Waals surface area contributed by atoms with Gasteiger partial charge in [-0.3, -0.25) is 0 Å². The zero-order chi connectivity index (χ0) is 17.5. The van der Waals surface area contributed by atoms with Crippen LogP contribution >= 0.6 is 0 Å². The molecule has 126 valence electrons. The molecule has 24 heavy (non-hydrogen) atoms. The van der Waals surface area contributed by atoms with E-state index in [1.54, 1.807) is 25.3 Å². The highest BCUT2D eigenvalue weighted by Crippen LogP contribution is 2.28. The molecule has 0 heterocycles. The molecule has 0 aliphatic carbocycles. The second kappa shape index (κ2) is 8.26. The molecule has 0 unspecified atom stereocenters. The van der Waals surface area contributed by atoms with E-state index in [-0.39, 0.29) is 0 Å². The van der Waals surface area contributed by atoms with Crippen LogP contribution in [0.5, 0.6) is 17.2 Å². The first-order chi connectivity index (χ1) is 11.5. The molecule has 2 rings (SSSR count). The number of nitrogens with zero attached hydrogens (tertiary/aromatic N) is 1. The summed E-state index contributed by atoms with van der Waals surface area (Å²) in [5, 5.41) is 8.96. The van der Waals surface area contributed by atoms with E-state index in [0.717, 1.165) is 5.75 Å². The highest BCUT2D eigenvalue weighted by Gasteiger charge is 2.07. The number of aryl methyl sites for hydroxylation is 1. The van der Waals surface area contributed by atoms with Crippen LogP contribution in [0.4, 0.5) is 0 Å². The van der Waals surface area contributed by atoms with Crippen molar-refractivity contribution in [3.05, 3.63) is 53.1 Å². The SMILES string of the molecule is COc1ccc(C#N)cc1OCCOc1ccc(C(C)C)c(C)c1. The maximum Gasteiger partial charge on any atom is 0.162 e. The summed E-state index contributed by atoms with van der Waals surface area (Å²) < 4.78 is 16.7. The fraction of sp³-hybridized carbons (Fsp3) is 0.350. The molecule has 0 aliphatic heterocycles. The van der Waals surface area contributed by atoms with Gasteiger partial charge >= 0.3 is 0 Å². The Morgan fingerprint density at radius 3 is 2.38 bits per heavy atom. The Morgan fingerprint density at radius 2 is 1.75 bits per heavy atom. The smallest absolute Gasteiger partial charge is 0.162 e. The third kappa shape index (κ3) is 4.42. The first-order valence-corrected chi connectivity index (χ1v) is 7.99. The van der Waals surface area contributed by atoms with Gasteiger partial charge in [0.15, 0.2) is 11.5 Å². The van der Waals surface area contributed by atoms with Gasteiger partial charge < -0.3 is 14.2 Å². The molecule has 4 heteroatoms. The lowest BCUT2D eigenvalue weighted by Crippen LogP contribution is -2.10. The fourth-order valence-corrected chi connectivity index (χ4v) is 2.56. The summed E-state index contributed by atoms with van der Waals surface area (Å²) in [6, 6.07) is 13.3. The van der Waals surface area contributed by atoms with E-state index in [2.05, 4.69) is 32.9 Å². The van der Waals surface area contributed by atoms with Gasteiger partial charge in [-0.25, -0.2) is 0 Å². The second-order valence-electron chi connectivity index (χ2n) is 5.85. The Hall–Kier alpha value is -2.67. The number of benzene rings is 2. The van der Waals surface area contributed by atoms with Crippen LogP contribution in [0.2, 0.25) is 0 Å². The Balaban J connectivity index is 1.92. The average Bonchev–Trinajstić information content (AvgIpc) is 2.58. The van der Waals surface area contributed by atoms with E-state index < -0.39 is 0 Å². The fourth-order valence-electron chi connectivity index (χ4n) is 2.56. The number of hydrogen-bond acceptors (Lipinski definition) is 4. The summed E-state index contributed by atoms with van der Waals surface area (Å²) in [6.07, 6.45) is 0. The van der Waals surface area contributed by atoms with Crippen LogP contribution in [0.3, 0.4) is 0 Å². The predicted molar refractivity (Wildman–Crippen MR) is 94.0 cm³/mol. The monoisotopic (exact) mass is 325 g/mol. The van der Waals surface area contributed by atoms with Crippen molar-refractivity contribution >= 4 is 0 Å². The van der Waals surface area contributed by atoms with Crippen molar-refractivity contribution in [3.8, 4) is 23.3 Å². The normalized spacial score (nSPS) is 10.3. The lowest BCUT2D eigenvalue weighted by Gasteiger charge is -2.14. The summed E-state index contributed by atoms with van der Waals surface area (Å²) in [6.45, 7) is 7.24. The van der Waals surface area contributed by atoms with Gasteiger partial charge in [-0.2, -0.15) is 5.26 Å². The summed E-state index contributed by atoms with van der Waals surface area (Å²) >= 11 is 0. The van der Waals surface area contributed by atoms with Gasteiger partial charge in [-0.05, 0) is 48.2 Å². The quantitative estimate of drug-likeness (QED) is 0.705. The molecule has 0 amide bonds. The molecule has 2 aromatic rings. The number of hydrogen-bond donors (Lipinski definition) is 0. The van der Waals surface area contributed by atoms with Crippen LogP contribution in [0, 0.1) is 18.3 Å². The van der Waals surface area contributed by atoms with Gasteiger partial charge in [0.1, 0.15) is 19.0 Å². The minimum Gasteiger partial charge on any atom is -0.493 e. The lowest BCUT2D eigenvalue weighted by molar-refractivity contribution is 0.211. The maximum absolute atomic E-state index is 8.96. The van der Waals surface area contributed by atoms with Gasteiger partial charge in [0.05, 0.1) is 18.7 Å². The lowest BCUT2D eigenvalue weighted by atomic mass is 9.98. The molecule has 0 atom stereocenters. The molecule has 0 spiro atoms. The summed E-state index contributed by atoms with van der Waals surface area (Å²) in [7, 11) is 1.57. The van der Waals surface area contributed by atoms with E-state index in [1.165, 1.54) is 11.1 Å². The second-order valence-corrected chi connectivity index (χ2v) is 5.85. The minimum atomic E-state index is 0.371. The van der Waals surface area contributed by atoms with Crippen molar-refractivity contribution in [2.24, 2.45) is 0 Å². The molecule has 0 saturated heterocycles. The van der Waals surface area contributed by atoms with Crippen molar-refractivity contribution in [3.63, 3.8) is 0 Å². The Labute approximate surface area is 143 Å². The van der Waals surface area contributed by atoms with E-state index in [4.69, 9.17) is 19.5 Å². The summed E-state index contributed by atoms with van der Waals surface area (Å²) in [5.41, 5.74) is 3.09. The van der Waals surface area contributed by atoms with Crippen LogP contribution in [0.1, 0.15) is 36.5 Å². The number of nitriles is 1. The molecule has 0 aromatic heterocycles. The van der Waals surface area contributed by atoms with Crippen LogP contribution in [0.15, 0.2) is 36.4 Å². The van der Waals surface area contributed by atoms with Gasteiger partial charge in [-0.15, -0.1) is 0 Å². The number of rotatable bonds is 7. The third-order valence-corrected chi connectivity index (χ3v) is 3.77. The topological polar surface area (TPSA) is 51.5 Å². The molecular weight excluding hydrogens is 302 g/mol. The molecule has 0 aliphatic rings. The standard InChI is InChI=1S/C20H23NO3/c1-14(2)18-7-6-17(11-15(18)3)23-9-10-24-20-12-16(13-21)5-8-19(20)22-4/h5-8,11-12,14H,9-10H2,1-4H3. The van der Waals surface area contributed by atoms with Crippen molar-refractivity contribution in [1.82, 2.24) is 0 Å². The third-order valence-electron chi connectivity index (χ3n) is 3.77.